The Kier molecular flexibility index (Phi) is 4.29. The summed E-state index contributed by atoms with van der Waals surface area (Å²) in [5.74, 6) is 1.09. The lowest BCUT2D eigenvalue weighted by molar-refractivity contribution is -0.145. The monoisotopic (exact) mass is 427 g/mol. The van der Waals surface area contributed by atoms with Gasteiger partial charge < -0.3 is 9.64 Å². The summed E-state index contributed by atoms with van der Waals surface area (Å²) in [7, 11) is 0. The number of carbonyl (C=O) groups is 1. The van der Waals surface area contributed by atoms with E-state index in [0.717, 1.165) is 50.0 Å². The van der Waals surface area contributed by atoms with Crippen LogP contribution in [-0.2, 0) is 15.7 Å². The van der Waals surface area contributed by atoms with Crippen LogP contribution in [0, 0.1) is 24.2 Å². The SMILES string of the molecule is Cc1nc(C(F)(F)F)ccc1SN1CC2CN(C(=O)C34COC(C)(C3)C4)CC2C1. The van der Waals surface area contributed by atoms with Crippen molar-refractivity contribution >= 4 is 17.9 Å². The van der Waals surface area contributed by atoms with Crippen LogP contribution in [0.15, 0.2) is 17.0 Å². The molecular weight excluding hydrogens is 403 g/mol. The minimum Gasteiger partial charge on any atom is -0.374 e. The van der Waals surface area contributed by atoms with Crippen LogP contribution in [-0.4, -0.2) is 58.5 Å². The molecule has 0 aromatic carbocycles. The molecule has 9 heteroatoms. The summed E-state index contributed by atoms with van der Waals surface area (Å²) in [5, 5.41) is 0. The summed E-state index contributed by atoms with van der Waals surface area (Å²) < 4.78 is 46.4. The van der Waals surface area contributed by atoms with Crippen molar-refractivity contribution in [3.05, 3.63) is 23.5 Å². The van der Waals surface area contributed by atoms with E-state index in [1.54, 1.807) is 6.92 Å². The maximum Gasteiger partial charge on any atom is 0.433 e. The number of alkyl halides is 3. The van der Waals surface area contributed by atoms with Gasteiger partial charge in [0.15, 0.2) is 0 Å². The third kappa shape index (κ3) is 3.25. The first-order chi connectivity index (χ1) is 13.6. The molecule has 2 unspecified atom stereocenters. The number of hydrogen-bond donors (Lipinski definition) is 0. The second-order valence-corrected chi connectivity index (χ2v) is 10.5. The fourth-order valence-electron chi connectivity index (χ4n) is 5.58. The molecule has 2 bridgehead atoms. The molecule has 4 aliphatic heterocycles. The zero-order chi connectivity index (χ0) is 20.6. The Labute approximate surface area is 172 Å². The van der Waals surface area contributed by atoms with Crippen LogP contribution in [0.3, 0.4) is 0 Å². The van der Waals surface area contributed by atoms with Crippen molar-refractivity contribution in [3.8, 4) is 0 Å². The normalized spacial score (nSPS) is 36.4. The number of rotatable bonds is 3. The Morgan fingerprint density at radius 1 is 1.21 bits per heavy atom. The molecule has 5 heterocycles. The van der Waals surface area contributed by atoms with E-state index in [9.17, 15) is 18.0 Å². The van der Waals surface area contributed by atoms with E-state index in [0.29, 0.717) is 24.1 Å². The molecule has 1 amide bonds. The Hall–Kier alpha value is -1.32. The quantitative estimate of drug-likeness (QED) is 0.693. The van der Waals surface area contributed by atoms with Crippen molar-refractivity contribution in [1.29, 1.82) is 0 Å². The minimum atomic E-state index is -4.42. The maximum absolute atomic E-state index is 13.0. The molecule has 0 N–H and O–H groups in total. The van der Waals surface area contributed by atoms with Crippen molar-refractivity contribution in [2.75, 3.05) is 32.8 Å². The molecule has 5 fully saturated rings. The van der Waals surface area contributed by atoms with Gasteiger partial charge in [0.05, 0.1) is 23.3 Å². The van der Waals surface area contributed by atoms with Crippen molar-refractivity contribution in [3.63, 3.8) is 0 Å². The number of hydrogen-bond acceptors (Lipinski definition) is 5. The zero-order valence-corrected chi connectivity index (χ0v) is 17.3. The van der Waals surface area contributed by atoms with Gasteiger partial charge in [-0.3, -0.25) is 4.79 Å². The number of pyridine rings is 1. The molecular formula is C20H24F3N3O2S. The number of likely N-dealkylation sites (tertiary alicyclic amines) is 1. The van der Waals surface area contributed by atoms with Crippen LogP contribution in [0.1, 0.15) is 31.2 Å². The van der Waals surface area contributed by atoms with Gasteiger partial charge in [-0.2, -0.15) is 13.2 Å². The first-order valence-electron chi connectivity index (χ1n) is 9.98. The summed E-state index contributed by atoms with van der Waals surface area (Å²) in [6.45, 7) is 7.45. The number of ether oxygens (including phenoxy) is 1. The summed E-state index contributed by atoms with van der Waals surface area (Å²) in [5.41, 5.74) is -0.835. The average Bonchev–Trinajstić information content (AvgIpc) is 3.32. The molecule has 1 aliphatic carbocycles. The van der Waals surface area contributed by atoms with E-state index in [4.69, 9.17) is 4.74 Å². The Balaban J connectivity index is 1.18. The third-order valence-electron chi connectivity index (χ3n) is 6.87. The number of fused-ring (bicyclic) bond motifs is 2. The molecule has 5 aliphatic rings. The fraction of sp³-hybridized carbons (Fsp3) is 0.700. The van der Waals surface area contributed by atoms with Gasteiger partial charge in [0, 0.05) is 31.1 Å². The van der Waals surface area contributed by atoms with Gasteiger partial charge in [-0.05, 0) is 62.6 Å². The maximum atomic E-state index is 13.0. The molecule has 1 aromatic heterocycles. The van der Waals surface area contributed by atoms with E-state index in [1.807, 2.05) is 4.90 Å². The smallest absolute Gasteiger partial charge is 0.374 e. The van der Waals surface area contributed by atoms with Crippen LogP contribution in [0.25, 0.3) is 0 Å². The largest absolute Gasteiger partial charge is 0.433 e. The molecule has 5 nitrogen and oxygen atoms in total. The first-order valence-corrected chi connectivity index (χ1v) is 10.8. The standard InChI is InChI=1S/C20H24F3N3O2S/c1-12-15(3-4-16(24-12)20(21,22)23)29-26-7-13-5-25(6-14(13)8-26)17(27)19-9-18(2,10-19)28-11-19/h3-4,13-14H,5-11H2,1-2H3. The van der Waals surface area contributed by atoms with Crippen molar-refractivity contribution < 1.29 is 22.7 Å². The molecule has 1 aromatic rings. The minimum absolute atomic E-state index is 0.0910. The van der Waals surface area contributed by atoms with E-state index in [2.05, 4.69) is 16.2 Å². The predicted molar refractivity (Wildman–Crippen MR) is 101 cm³/mol. The molecule has 4 saturated heterocycles. The highest BCUT2D eigenvalue weighted by Gasteiger charge is 2.65. The fourth-order valence-corrected chi connectivity index (χ4v) is 6.69. The van der Waals surface area contributed by atoms with Crippen LogP contribution in [0.5, 0.6) is 0 Å². The molecule has 0 spiro atoms. The Morgan fingerprint density at radius 3 is 2.38 bits per heavy atom. The molecule has 2 atom stereocenters. The highest BCUT2D eigenvalue weighted by molar-refractivity contribution is 7.97. The highest BCUT2D eigenvalue weighted by Crippen LogP contribution is 2.58. The number of nitrogens with zero attached hydrogens (tertiary/aromatic N) is 3. The summed E-state index contributed by atoms with van der Waals surface area (Å²) in [4.78, 5) is 19.5. The van der Waals surface area contributed by atoms with Gasteiger partial charge in [-0.25, -0.2) is 9.29 Å². The van der Waals surface area contributed by atoms with Crippen molar-refractivity contribution in [2.24, 2.45) is 17.3 Å². The van der Waals surface area contributed by atoms with Gasteiger partial charge >= 0.3 is 6.18 Å². The van der Waals surface area contributed by atoms with Crippen LogP contribution >= 0.6 is 11.9 Å². The van der Waals surface area contributed by atoms with E-state index in [-0.39, 0.29) is 16.9 Å². The van der Waals surface area contributed by atoms with Crippen LogP contribution in [0.2, 0.25) is 0 Å². The number of amides is 1. The second-order valence-electron chi connectivity index (χ2n) is 9.32. The van der Waals surface area contributed by atoms with Crippen molar-refractivity contribution in [1.82, 2.24) is 14.2 Å². The third-order valence-corrected chi connectivity index (χ3v) is 8.05. The highest BCUT2D eigenvalue weighted by atomic mass is 32.2. The molecule has 1 saturated carbocycles. The lowest BCUT2D eigenvalue weighted by Gasteiger charge is -2.43. The molecule has 0 radical (unpaired) electrons. The van der Waals surface area contributed by atoms with Gasteiger partial charge in [0.25, 0.3) is 0 Å². The van der Waals surface area contributed by atoms with E-state index in [1.165, 1.54) is 18.0 Å². The molecule has 29 heavy (non-hydrogen) atoms. The van der Waals surface area contributed by atoms with Gasteiger partial charge in [-0.15, -0.1) is 0 Å². The zero-order valence-electron chi connectivity index (χ0n) is 16.5. The Morgan fingerprint density at radius 2 is 1.86 bits per heavy atom. The van der Waals surface area contributed by atoms with E-state index < -0.39 is 11.9 Å². The van der Waals surface area contributed by atoms with Gasteiger partial charge in [0.2, 0.25) is 5.91 Å². The lowest BCUT2D eigenvalue weighted by Crippen LogP contribution is -2.52. The summed E-state index contributed by atoms with van der Waals surface area (Å²) >= 11 is 1.48. The summed E-state index contributed by atoms with van der Waals surface area (Å²) in [6.07, 6.45) is -2.74. The topological polar surface area (TPSA) is 45.7 Å². The average molecular weight is 427 g/mol. The Bertz CT molecular complexity index is 842. The lowest BCUT2D eigenvalue weighted by atomic mass is 9.62. The molecule has 158 valence electrons. The molecule has 6 rings (SSSR count). The predicted octanol–water partition coefficient (Wildman–Crippen LogP) is 3.38. The summed E-state index contributed by atoms with van der Waals surface area (Å²) in [6, 6.07) is 2.55. The number of aromatic nitrogens is 1. The van der Waals surface area contributed by atoms with Crippen LogP contribution < -0.4 is 0 Å². The van der Waals surface area contributed by atoms with E-state index >= 15 is 0 Å². The number of aryl methyl sites for hydroxylation is 1. The van der Waals surface area contributed by atoms with Crippen molar-refractivity contribution in [2.45, 2.75) is 43.4 Å². The van der Waals surface area contributed by atoms with Gasteiger partial charge in [0.1, 0.15) is 5.69 Å². The number of halogens is 3. The first kappa shape index (κ1) is 19.6. The number of carbonyl (C=O) groups excluding carboxylic acids is 1. The van der Waals surface area contributed by atoms with Crippen LogP contribution in [0.4, 0.5) is 13.2 Å². The van der Waals surface area contributed by atoms with Gasteiger partial charge in [-0.1, -0.05) is 0 Å². The second kappa shape index (κ2) is 6.34.